The molecule has 2 atom stereocenters. The smallest absolute Gasteiger partial charge is 0.413 e. The molecule has 1 fully saturated rings. The third-order valence-corrected chi connectivity index (χ3v) is 6.13. The number of methoxy groups -OCH3 is 1. The highest BCUT2D eigenvalue weighted by molar-refractivity contribution is 5.50. The molecule has 2 aliphatic heterocycles. The first kappa shape index (κ1) is 23.3. The number of alkyl halides is 3. The van der Waals surface area contributed by atoms with E-state index in [0.29, 0.717) is 26.3 Å². The van der Waals surface area contributed by atoms with Crippen LogP contribution in [-0.2, 0) is 11.3 Å². The largest absolute Gasteiger partial charge is 0.496 e. The van der Waals surface area contributed by atoms with Crippen LogP contribution >= 0.6 is 0 Å². The Labute approximate surface area is 187 Å². The highest BCUT2D eigenvalue weighted by Gasteiger charge is 2.60. The number of benzene rings is 1. The van der Waals surface area contributed by atoms with E-state index in [-0.39, 0.29) is 23.1 Å². The van der Waals surface area contributed by atoms with E-state index in [2.05, 4.69) is 4.98 Å². The van der Waals surface area contributed by atoms with Gasteiger partial charge in [-0.2, -0.15) is 18.2 Å². The summed E-state index contributed by atoms with van der Waals surface area (Å²) in [6, 6.07) is 4.60. The lowest BCUT2D eigenvalue weighted by Gasteiger charge is -2.38. The van der Waals surface area contributed by atoms with Gasteiger partial charge in [0, 0.05) is 30.8 Å². The third-order valence-electron chi connectivity index (χ3n) is 6.13. The first-order valence-corrected chi connectivity index (χ1v) is 10.4. The quantitative estimate of drug-likeness (QED) is 0.668. The molecule has 0 spiro atoms. The van der Waals surface area contributed by atoms with Crippen molar-refractivity contribution in [1.29, 1.82) is 0 Å². The van der Waals surface area contributed by atoms with Crippen LogP contribution in [0.4, 0.5) is 29.3 Å². The van der Waals surface area contributed by atoms with Crippen LogP contribution in [0.2, 0.25) is 0 Å². The molecule has 2 aromatic rings. The second-order valence-electron chi connectivity index (χ2n) is 8.22. The van der Waals surface area contributed by atoms with Gasteiger partial charge in [-0.25, -0.2) is 4.39 Å². The number of aromatic nitrogens is 2. The van der Waals surface area contributed by atoms with Crippen molar-refractivity contribution in [3.8, 4) is 5.75 Å². The molecule has 1 N–H and O–H groups in total. The van der Waals surface area contributed by atoms with Crippen LogP contribution in [0.15, 0.2) is 29.1 Å². The van der Waals surface area contributed by atoms with Crippen molar-refractivity contribution < 1.29 is 32.1 Å². The second-order valence-corrected chi connectivity index (χ2v) is 8.22. The summed E-state index contributed by atoms with van der Waals surface area (Å²) in [6.07, 6.45) is -6.21. The molecule has 0 unspecified atom stereocenters. The maximum absolute atomic E-state index is 14.2. The maximum atomic E-state index is 14.2. The Kier molecular flexibility index (Phi) is 5.99. The molecule has 33 heavy (non-hydrogen) atoms. The van der Waals surface area contributed by atoms with E-state index in [4.69, 9.17) is 9.47 Å². The number of aliphatic hydroxyl groups excluding tert-OH is 1. The van der Waals surface area contributed by atoms with Crippen LogP contribution in [0.5, 0.6) is 5.75 Å². The minimum Gasteiger partial charge on any atom is -0.496 e. The van der Waals surface area contributed by atoms with E-state index in [1.807, 2.05) is 0 Å². The van der Waals surface area contributed by atoms with Gasteiger partial charge in [-0.1, -0.05) is 0 Å². The molecule has 1 saturated heterocycles. The highest BCUT2D eigenvalue weighted by atomic mass is 19.4. The fourth-order valence-electron chi connectivity index (χ4n) is 4.16. The van der Waals surface area contributed by atoms with Gasteiger partial charge in [0.15, 0.2) is 5.54 Å². The summed E-state index contributed by atoms with van der Waals surface area (Å²) in [7, 11) is 1.27. The van der Waals surface area contributed by atoms with E-state index in [1.165, 1.54) is 19.2 Å². The van der Waals surface area contributed by atoms with Crippen molar-refractivity contribution >= 4 is 11.8 Å². The Bertz CT molecular complexity index is 1090. The van der Waals surface area contributed by atoms with Crippen LogP contribution < -0.4 is 20.1 Å². The molecule has 0 amide bonds. The summed E-state index contributed by atoms with van der Waals surface area (Å²) in [5.41, 5.74) is -2.99. The Morgan fingerprint density at radius 3 is 2.61 bits per heavy atom. The number of rotatable bonds is 5. The molecule has 3 heterocycles. The Morgan fingerprint density at radius 1 is 1.27 bits per heavy atom. The lowest BCUT2D eigenvalue weighted by atomic mass is 9.99. The lowest BCUT2D eigenvalue weighted by molar-refractivity contribution is -0.183. The molecule has 8 nitrogen and oxygen atoms in total. The number of morpholine rings is 1. The topological polar surface area (TPSA) is 80.1 Å². The predicted octanol–water partition coefficient (Wildman–Crippen LogP) is 2.10. The Morgan fingerprint density at radius 2 is 1.97 bits per heavy atom. The number of halogens is 4. The minimum absolute atomic E-state index is 0.00262. The molecule has 0 radical (unpaired) electrons. The highest BCUT2D eigenvalue weighted by Crippen LogP contribution is 2.44. The number of aliphatic hydroxyl groups is 1. The molecule has 0 bridgehead atoms. The normalized spacial score (nSPS) is 21.8. The average Bonchev–Trinajstić information content (AvgIpc) is 3.07. The van der Waals surface area contributed by atoms with E-state index in [1.54, 1.807) is 4.90 Å². The van der Waals surface area contributed by atoms with Gasteiger partial charge in [0.05, 0.1) is 33.4 Å². The van der Waals surface area contributed by atoms with Crippen molar-refractivity contribution in [1.82, 2.24) is 9.55 Å². The summed E-state index contributed by atoms with van der Waals surface area (Å²) >= 11 is 0. The van der Waals surface area contributed by atoms with Gasteiger partial charge >= 0.3 is 6.18 Å². The SMILES string of the molecule is COc1cc(F)ccc1[C@@H](O)CN1c2nc(N3CCOCC3)cc(=O)n2C[C@@]1(C)C(F)(F)F. The Balaban J connectivity index is 1.76. The minimum atomic E-state index is -4.74. The zero-order valence-electron chi connectivity index (χ0n) is 18.1. The van der Waals surface area contributed by atoms with Crippen molar-refractivity contribution in [3.63, 3.8) is 0 Å². The van der Waals surface area contributed by atoms with Crippen LogP contribution in [0.25, 0.3) is 0 Å². The fourth-order valence-corrected chi connectivity index (χ4v) is 4.16. The van der Waals surface area contributed by atoms with Crippen molar-refractivity contribution in [2.45, 2.75) is 31.3 Å². The van der Waals surface area contributed by atoms with Gasteiger partial charge in [-0.05, 0) is 19.1 Å². The molecule has 0 saturated carbocycles. The maximum Gasteiger partial charge on any atom is 0.413 e. The molecule has 2 aliphatic rings. The zero-order valence-corrected chi connectivity index (χ0v) is 18.1. The van der Waals surface area contributed by atoms with Gasteiger partial charge in [-0.3, -0.25) is 9.36 Å². The zero-order chi connectivity index (χ0) is 24.0. The van der Waals surface area contributed by atoms with E-state index < -0.39 is 42.3 Å². The molecule has 1 aromatic heterocycles. The van der Waals surface area contributed by atoms with Crippen molar-refractivity contribution in [2.75, 3.05) is 49.8 Å². The van der Waals surface area contributed by atoms with E-state index >= 15 is 0 Å². The number of hydrogen-bond acceptors (Lipinski definition) is 7. The first-order valence-electron chi connectivity index (χ1n) is 10.4. The molecular weight excluding hydrogens is 448 g/mol. The van der Waals surface area contributed by atoms with Crippen LogP contribution in [0.3, 0.4) is 0 Å². The summed E-state index contributed by atoms with van der Waals surface area (Å²) in [5, 5.41) is 10.8. The number of fused-ring (bicyclic) bond motifs is 1. The van der Waals surface area contributed by atoms with Gasteiger partial charge in [-0.15, -0.1) is 0 Å². The summed E-state index contributed by atoms with van der Waals surface area (Å²) in [6.45, 7) is 1.46. The predicted molar refractivity (Wildman–Crippen MR) is 111 cm³/mol. The molecule has 1 aromatic carbocycles. The molecule has 4 rings (SSSR count). The number of nitrogens with zero attached hydrogens (tertiary/aromatic N) is 4. The Hall–Kier alpha value is -2.86. The standard InChI is InChI=1S/C21H24F4N4O4/c1-20(21(23,24)25)12-28-18(31)10-17(27-5-7-33-8-6-27)26-19(28)29(20)11-15(30)14-4-3-13(22)9-16(14)32-2/h3-4,9-10,15,30H,5-8,11-12H2,1-2H3/t15-,20-/m0/s1. The molecule has 180 valence electrons. The van der Waals surface area contributed by atoms with Crippen molar-refractivity contribution in [3.05, 3.63) is 46.0 Å². The van der Waals surface area contributed by atoms with Gasteiger partial charge in [0.1, 0.15) is 23.5 Å². The first-order chi connectivity index (χ1) is 15.5. The van der Waals surface area contributed by atoms with Gasteiger partial charge in [0.2, 0.25) is 5.95 Å². The lowest BCUT2D eigenvalue weighted by Crippen LogP contribution is -2.57. The average molecular weight is 472 g/mol. The van der Waals surface area contributed by atoms with E-state index in [9.17, 15) is 27.5 Å². The summed E-state index contributed by atoms with van der Waals surface area (Å²) < 4.78 is 67.6. The number of hydrogen-bond donors (Lipinski definition) is 1. The number of anilines is 2. The van der Waals surface area contributed by atoms with Gasteiger partial charge < -0.3 is 24.4 Å². The van der Waals surface area contributed by atoms with Gasteiger partial charge in [0.25, 0.3) is 5.56 Å². The summed E-state index contributed by atoms with van der Waals surface area (Å²) in [4.78, 5) is 19.8. The molecule has 0 aliphatic carbocycles. The van der Waals surface area contributed by atoms with Crippen LogP contribution in [-0.4, -0.2) is 66.3 Å². The molecule has 12 heteroatoms. The number of β-amino-alcohol motifs (C(OH)–C–C–N with tert-alkyl or cyclic N) is 1. The van der Waals surface area contributed by atoms with Crippen molar-refractivity contribution in [2.24, 2.45) is 0 Å². The monoisotopic (exact) mass is 472 g/mol. The van der Waals surface area contributed by atoms with Crippen LogP contribution in [0.1, 0.15) is 18.6 Å². The second kappa shape index (κ2) is 8.49. The third kappa shape index (κ3) is 4.12. The number of ether oxygens (including phenoxy) is 2. The molecular formula is C21H24F4N4O4. The fraction of sp³-hybridized carbons (Fsp3) is 0.524. The summed E-state index contributed by atoms with van der Waals surface area (Å²) in [5.74, 6) is -0.551. The van der Waals surface area contributed by atoms with E-state index in [0.717, 1.165) is 28.5 Å². The van der Waals surface area contributed by atoms with Crippen LogP contribution in [0, 0.1) is 5.82 Å².